The fourth-order valence-corrected chi connectivity index (χ4v) is 2.47. The van der Waals surface area contributed by atoms with E-state index in [1.807, 2.05) is 0 Å². The average Bonchev–Trinajstić information content (AvgIpc) is 2.99. The molecule has 0 unspecified atom stereocenters. The monoisotopic (exact) mass is 339 g/mol. The Hall–Kier alpha value is -3.55. The topological polar surface area (TPSA) is 104 Å². The van der Waals surface area contributed by atoms with Gasteiger partial charge in [0.25, 0.3) is 5.69 Å². The van der Waals surface area contributed by atoms with Crippen LogP contribution in [0.25, 0.3) is 16.9 Å². The normalized spacial score (nSPS) is 10.6. The summed E-state index contributed by atoms with van der Waals surface area (Å²) in [5.74, 6) is -0.475. The van der Waals surface area contributed by atoms with E-state index >= 15 is 0 Å². The van der Waals surface area contributed by atoms with Crippen LogP contribution in [0.5, 0.6) is 0 Å². The summed E-state index contributed by atoms with van der Waals surface area (Å²) in [5.41, 5.74) is 1.91. The van der Waals surface area contributed by atoms with Gasteiger partial charge in [-0.25, -0.2) is 9.78 Å². The van der Waals surface area contributed by atoms with E-state index in [-0.39, 0.29) is 12.3 Å². The number of nitrogens with zero attached hydrogens (tertiary/aromatic N) is 3. The number of benzene rings is 1. The number of esters is 1. The Bertz CT molecular complexity index is 976. The molecule has 0 saturated carbocycles. The second-order valence-corrected chi connectivity index (χ2v) is 5.13. The van der Waals surface area contributed by atoms with E-state index in [9.17, 15) is 19.7 Å². The molecule has 0 aliphatic rings. The van der Waals surface area contributed by atoms with Crippen molar-refractivity contribution in [2.24, 2.45) is 0 Å². The number of non-ortho nitro benzene ring substituents is 1. The van der Waals surface area contributed by atoms with Crippen molar-refractivity contribution < 1.29 is 19.2 Å². The van der Waals surface area contributed by atoms with Crippen molar-refractivity contribution in [3.05, 3.63) is 64.0 Å². The largest absolute Gasteiger partial charge is 0.462 e. The van der Waals surface area contributed by atoms with Crippen LogP contribution in [-0.2, 0) is 4.74 Å². The van der Waals surface area contributed by atoms with E-state index in [1.165, 1.54) is 30.3 Å². The molecule has 0 aliphatic carbocycles. The van der Waals surface area contributed by atoms with E-state index in [2.05, 4.69) is 4.98 Å². The predicted octanol–water partition coefficient (Wildman–Crippen LogP) is 2.90. The van der Waals surface area contributed by atoms with Crippen molar-refractivity contribution in [3.63, 3.8) is 0 Å². The number of nitro groups is 1. The number of carbonyl (C=O) groups excluding carboxylic acids is 2. The van der Waals surface area contributed by atoms with Gasteiger partial charge in [0.05, 0.1) is 17.1 Å². The quantitative estimate of drug-likeness (QED) is 0.306. The minimum Gasteiger partial charge on any atom is -0.462 e. The van der Waals surface area contributed by atoms with Crippen molar-refractivity contribution in [2.75, 3.05) is 6.61 Å². The Kier molecular flexibility index (Phi) is 4.25. The van der Waals surface area contributed by atoms with Crippen LogP contribution >= 0.6 is 0 Å². The number of carbonyl (C=O) groups is 2. The molecule has 0 atom stereocenters. The molecule has 0 spiro atoms. The third-order valence-electron chi connectivity index (χ3n) is 3.64. The molecule has 2 heterocycles. The van der Waals surface area contributed by atoms with Crippen molar-refractivity contribution in [3.8, 4) is 11.3 Å². The molecule has 3 aromatic rings. The number of rotatable bonds is 5. The Balaban J connectivity index is 2.10. The molecule has 0 fully saturated rings. The molecule has 0 saturated heterocycles. The lowest BCUT2D eigenvalue weighted by atomic mass is 10.1. The molecule has 8 heteroatoms. The minimum atomic E-state index is -0.500. The van der Waals surface area contributed by atoms with Gasteiger partial charge in [-0.1, -0.05) is 0 Å². The molecule has 0 radical (unpaired) electrons. The summed E-state index contributed by atoms with van der Waals surface area (Å²) in [5, 5.41) is 10.8. The number of nitro benzene ring substituents is 1. The minimum absolute atomic E-state index is 0.0511. The molecular formula is C17H13N3O5. The molecule has 0 N–H and O–H groups in total. The van der Waals surface area contributed by atoms with Crippen molar-refractivity contribution in [2.45, 2.75) is 6.92 Å². The Morgan fingerprint density at radius 1 is 1.32 bits per heavy atom. The van der Waals surface area contributed by atoms with Crippen LogP contribution in [0.3, 0.4) is 0 Å². The van der Waals surface area contributed by atoms with Gasteiger partial charge in [-0.15, -0.1) is 0 Å². The van der Waals surface area contributed by atoms with Crippen molar-refractivity contribution in [1.82, 2.24) is 9.38 Å². The van der Waals surface area contributed by atoms with Gasteiger partial charge in [0.15, 0.2) is 6.29 Å². The van der Waals surface area contributed by atoms with E-state index in [0.29, 0.717) is 34.4 Å². The summed E-state index contributed by atoms with van der Waals surface area (Å²) in [6.45, 7) is 1.97. The zero-order valence-electron chi connectivity index (χ0n) is 13.2. The van der Waals surface area contributed by atoms with Crippen LogP contribution in [0.2, 0.25) is 0 Å². The lowest BCUT2D eigenvalue weighted by Gasteiger charge is -2.02. The SMILES string of the molecule is CCOC(=O)c1ccn2c(C=O)c(-c3ccc([N+](=O)[O-])cc3)nc2c1. The second kappa shape index (κ2) is 6.52. The molecule has 0 aliphatic heterocycles. The maximum Gasteiger partial charge on any atom is 0.338 e. The van der Waals surface area contributed by atoms with E-state index in [4.69, 9.17) is 4.74 Å². The summed E-state index contributed by atoms with van der Waals surface area (Å²) in [6.07, 6.45) is 2.22. The van der Waals surface area contributed by atoms with Gasteiger partial charge in [0.1, 0.15) is 17.0 Å². The number of hydrogen-bond acceptors (Lipinski definition) is 6. The van der Waals surface area contributed by atoms with E-state index in [0.717, 1.165) is 0 Å². The van der Waals surface area contributed by atoms with Gasteiger partial charge < -0.3 is 4.74 Å². The summed E-state index contributed by atoms with van der Waals surface area (Å²) < 4.78 is 6.50. The molecule has 3 rings (SSSR count). The Morgan fingerprint density at radius 2 is 2.04 bits per heavy atom. The van der Waals surface area contributed by atoms with E-state index < -0.39 is 10.9 Å². The highest BCUT2D eigenvalue weighted by molar-refractivity contribution is 5.92. The molecule has 0 bridgehead atoms. The third-order valence-corrected chi connectivity index (χ3v) is 3.64. The van der Waals surface area contributed by atoms with Gasteiger partial charge in [-0.3, -0.25) is 19.3 Å². The highest BCUT2D eigenvalue weighted by Crippen LogP contribution is 2.26. The summed E-state index contributed by atoms with van der Waals surface area (Å²) >= 11 is 0. The van der Waals surface area contributed by atoms with Crippen molar-refractivity contribution >= 4 is 23.6 Å². The van der Waals surface area contributed by atoms with Crippen LogP contribution in [0.15, 0.2) is 42.6 Å². The molecule has 8 nitrogen and oxygen atoms in total. The first-order valence-electron chi connectivity index (χ1n) is 7.44. The maximum absolute atomic E-state index is 11.8. The lowest BCUT2D eigenvalue weighted by molar-refractivity contribution is -0.384. The molecule has 126 valence electrons. The Labute approximate surface area is 141 Å². The summed E-state index contributed by atoms with van der Waals surface area (Å²) in [7, 11) is 0. The van der Waals surface area contributed by atoms with Gasteiger partial charge in [0, 0.05) is 23.9 Å². The fraction of sp³-hybridized carbons (Fsp3) is 0.118. The van der Waals surface area contributed by atoms with Crippen LogP contribution < -0.4 is 0 Å². The first-order valence-corrected chi connectivity index (χ1v) is 7.44. The summed E-state index contributed by atoms with van der Waals surface area (Å²) in [6, 6.07) is 8.81. The number of aromatic nitrogens is 2. The Morgan fingerprint density at radius 3 is 2.64 bits per heavy atom. The van der Waals surface area contributed by atoms with Gasteiger partial charge in [0.2, 0.25) is 0 Å². The zero-order valence-corrected chi connectivity index (χ0v) is 13.2. The average molecular weight is 339 g/mol. The smallest absolute Gasteiger partial charge is 0.338 e. The molecule has 0 amide bonds. The number of hydrogen-bond donors (Lipinski definition) is 0. The number of pyridine rings is 1. The molecule has 1 aromatic carbocycles. The van der Waals surface area contributed by atoms with Crippen molar-refractivity contribution in [1.29, 1.82) is 0 Å². The number of imidazole rings is 1. The number of aldehydes is 1. The van der Waals surface area contributed by atoms with Crippen LogP contribution in [-0.4, -0.2) is 33.2 Å². The second-order valence-electron chi connectivity index (χ2n) is 5.13. The highest BCUT2D eigenvalue weighted by atomic mass is 16.6. The first kappa shape index (κ1) is 16.3. The van der Waals surface area contributed by atoms with Crippen LogP contribution in [0.4, 0.5) is 5.69 Å². The molecule has 2 aromatic heterocycles. The highest BCUT2D eigenvalue weighted by Gasteiger charge is 2.16. The van der Waals surface area contributed by atoms with Crippen LogP contribution in [0.1, 0.15) is 27.8 Å². The van der Waals surface area contributed by atoms with Gasteiger partial charge in [-0.05, 0) is 31.2 Å². The van der Waals surface area contributed by atoms with Crippen LogP contribution in [0, 0.1) is 10.1 Å². The predicted molar refractivity (Wildman–Crippen MR) is 88.6 cm³/mol. The summed E-state index contributed by atoms with van der Waals surface area (Å²) in [4.78, 5) is 38.0. The number of ether oxygens (including phenoxy) is 1. The van der Waals surface area contributed by atoms with Gasteiger partial charge in [-0.2, -0.15) is 0 Å². The fourth-order valence-electron chi connectivity index (χ4n) is 2.47. The third kappa shape index (κ3) is 2.97. The number of fused-ring (bicyclic) bond motifs is 1. The molecule has 25 heavy (non-hydrogen) atoms. The maximum atomic E-state index is 11.8. The zero-order chi connectivity index (χ0) is 18.0. The standard InChI is InChI=1S/C17H13N3O5/c1-2-25-17(22)12-7-8-19-14(10-21)16(18-15(19)9-12)11-3-5-13(6-4-11)20(23)24/h3-10H,2H2,1H3. The van der Waals surface area contributed by atoms with Gasteiger partial charge >= 0.3 is 5.97 Å². The van der Waals surface area contributed by atoms with E-state index in [1.54, 1.807) is 23.6 Å². The molecular weight excluding hydrogens is 326 g/mol. The lowest BCUT2D eigenvalue weighted by Crippen LogP contribution is -2.05. The first-order chi connectivity index (χ1) is 12.0.